The van der Waals surface area contributed by atoms with Crippen molar-refractivity contribution in [3.8, 4) is 11.5 Å². The van der Waals surface area contributed by atoms with Crippen LogP contribution in [0.3, 0.4) is 0 Å². The van der Waals surface area contributed by atoms with Gasteiger partial charge in [-0.1, -0.05) is 6.07 Å². The van der Waals surface area contributed by atoms with Crippen molar-refractivity contribution in [1.82, 2.24) is 0 Å². The molecule has 5 heteroatoms. The third-order valence-electron chi connectivity index (χ3n) is 1.88. The number of carbonyl (C=O) groups is 2. The van der Waals surface area contributed by atoms with Crippen LogP contribution in [-0.4, -0.2) is 25.9 Å². The zero-order valence-electron chi connectivity index (χ0n) is 8.44. The van der Waals surface area contributed by atoms with Gasteiger partial charge in [-0.2, -0.15) is 0 Å². The summed E-state index contributed by atoms with van der Waals surface area (Å²) in [4.78, 5) is 22.3. The maximum absolute atomic E-state index is 11.5. The smallest absolute Gasteiger partial charge is 0.290 e. The van der Waals surface area contributed by atoms with Crippen LogP contribution in [0.5, 0.6) is 11.5 Å². The van der Waals surface area contributed by atoms with Gasteiger partial charge >= 0.3 is 0 Å². The van der Waals surface area contributed by atoms with Crippen LogP contribution in [0, 0.1) is 0 Å². The molecule has 0 radical (unpaired) electrons. The van der Waals surface area contributed by atoms with Gasteiger partial charge in [-0.15, -0.1) is 0 Å². The number of primary amides is 1. The maximum atomic E-state index is 11.5. The van der Waals surface area contributed by atoms with E-state index in [9.17, 15) is 9.59 Å². The van der Waals surface area contributed by atoms with Crippen LogP contribution < -0.4 is 15.2 Å². The van der Waals surface area contributed by atoms with Gasteiger partial charge in [0.25, 0.3) is 11.7 Å². The molecule has 0 spiro atoms. The van der Waals surface area contributed by atoms with E-state index in [2.05, 4.69) is 0 Å². The van der Waals surface area contributed by atoms with Gasteiger partial charge in [0.15, 0.2) is 0 Å². The Morgan fingerprint density at radius 2 is 1.60 bits per heavy atom. The monoisotopic (exact) mass is 209 g/mol. The number of ether oxygens (including phenoxy) is 2. The van der Waals surface area contributed by atoms with E-state index < -0.39 is 11.7 Å². The average molecular weight is 209 g/mol. The highest BCUT2D eigenvalue weighted by Crippen LogP contribution is 2.28. The van der Waals surface area contributed by atoms with Crippen molar-refractivity contribution in [2.75, 3.05) is 14.2 Å². The molecular weight excluding hydrogens is 198 g/mol. The fourth-order valence-electron chi connectivity index (χ4n) is 1.20. The molecule has 1 amide bonds. The molecule has 0 bridgehead atoms. The number of hydrogen-bond acceptors (Lipinski definition) is 4. The topological polar surface area (TPSA) is 78.6 Å². The first-order valence-electron chi connectivity index (χ1n) is 4.17. The highest BCUT2D eigenvalue weighted by molar-refractivity contribution is 6.43. The first kappa shape index (κ1) is 11.0. The van der Waals surface area contributed by atoms with Crippen molar-refractivity contribution in [2.45, 2.75) is 0 Å². The molecule has 0 aliphatic rings. The number of hydrogen-bond donors (Lipinski definition) is 1. The van der Waals surface area contributed by atoms with Crippen molar-refractivity contribution in [2.24, 2.45) is 5.73 Å². The highest BCUT2D eigenvalue weighted by Gasteiger charge is 2.22. The lowest BCUT2D eigenvalue weighted by Gasteiger charge is -2.09. The molecule has 0 saturated heterocycles. The Bertz CT molecular complexity index is 378. The van der Waals surface area contributed by atoms with Crippen molar-refractivity contribution < 1.29 is 19.1 Å². The number of amides is 1. The molecule has 80 valence electrons. The standard InChI is InChI=1S/C10H11NO4/c1-14-6-4-3-5-7(15-2)8(6)9(12)10(11)13/h3-5H,1-2H3,(H2,11,13). The highest BCUT2D eigenvalue weighted by atomic mass is 16.5. The maximum Gasteiger partial charge on any atom is 0.290 e. The fraction of sp³-hybridized carbons (Fsp3) is 0.200. The number of Topliss-reactive ketones (excluding diaryl/α,β-unsaturated/α-hetero) is 1. The van der Waals surface area contributed by atoms with Crippen molar-refractivity contribution in [1.29, 1.82) is 0 Å². The fourth-order valence-corrected chi connectivity index (χ4v) is 1.20. The molecule has 0 aromatic heterocycles. The summed E-state index contributed by atoms with van der Waals surface area (Å²) in [5.74, 6) is -1.35. The van der Waals surface area contributed by atoms with Crippen LogP contribution in [0.25, 0.3) is 0 Å². The molecule has 0 aliphatic carbocycles. The Balaban J connectivity index is 3.34. The van der Waals surface area contributed by atoms with Crippen LogP contribution >= 0.6 is 0 Å². The third kappa shape index (κ3) is 2.07. The number of rotatable bonds is 4. The second-order valence-corrected chi connectivity index (χ2v) is 2.73. The quantitative estimate of drug-likeness (QED) is 0.574. The lowest BCUT2D eigenvalue weighted by Crippen LogP contribution is -2.24. The van der Waals surface area contributed by atoms with E-state index >= 15 is 0 Å². The number of ketones is 1. The summed E-state index contributed by atoms with van der Waals surface area (Å²) >= 11 is 0. The molecule has 0 saturated carbocycles. The van der Waals surface area contributed by atoms with Gasteiger partial charge in [0.1, 0.15) is 17.1 Å². The molecule has 15 heavy (non-hydrogen) atoms. The Morgan fingerprint density at radius 1 is 1.13 bits per heavy atom. The Labute approximate surface area is 86.8 Å². The molecule has 5 nitrogen and oxygen atoms in total. The van der Waals surface area contributed by atoms with Gasteiger partial charge in [0.05, 0.1) is 14.2 Å². The van der Waals surface area contributed by atoms with Gasteiger partial charge in [-0.25, -0.2) is 0 Å². The molecule has 2 N–H and O–H groups in total. The molecule has 0 unspecified atom stereocenters. The van der Waals surface area contributed by atoms with Crippen molar-refractivity contribution in [3.05, 3.63) is 23.8 Å². The van der Waals surface area contributed by atoms with E-state index in [4.69, 9.17) is 15.2 Å². The van der Waals surface area contributed by atoms with E-state index in [1.807, 2.05) is 0 Å². The summed E-state index contributed by atoms with van der Waals surface area (Å²) < 4.78 is 9.90. The Morgan fingerprint density at radius 3 is 1.93 bits per heavy atom. The summed E-state index contributed by atoms with van der Waals surface area (Å²) in [6.07, 6.45) is 0. The molecule has 1 aromatic carbocycles. The number of carbonyl (C=O) groups excluding carboxylic acids is 2. The van der Waals surface area contributed by atoms with E-state index in [1.165, 1.54) is 14.2 Å². The van der Waals surface area contributed by atoms with Gasteiger partial charge in [-0.3, -0.25) is 9.59 Å². The summed E-state index contributed by atoms with van der Waals surface area (Å²) in [6, 6.07) is 4.76. The van der Waals surface area contributed by atoms with E-state index in [-0.39, 0.29) is 17.1 Å². The van der Waals surface area contributed by atoms with Crippen LogP contribution in [0.15, 0.2) is 18.2 Å². The van der Waals surface area contributed by atoms with E-state index in [0.29, 0.717) is 0 Å². The summed E-state index contributed by atoms with van der Waals surface area (Å²) in [6.45, 7) is 0. The minimum Gasteiger partial charge on any atom is -0.496 e. The SMILES string of the molecule is COc1cccc(OC)c1C(=O)C(N)=O. The summed E-state index contributed by atoms with van der Waals surface area (Å²) in [5, 5.41) is 0. The van der Waals surface area contributed by atoms with E-state index in [0.717, 1.165) is 0 Å². The Hall–Kier alpha value is -2.04. The molecule has 1 rings (SSSR count). The first-order valence-corrected chi connectivity index (χ1v) is 4.17. The van der Waals surface area contributed by atoms with Crippen molar-refractivity contribution >= 4 is 11.7 Å². The molecular formula is C10H11NO4. The minimum atomic E-state index is -1.04. The normalized spacial score (nSPS) is 9.47. The summed E-state index contributed by atoms with van der Waals surface area (Å²) in [7, 11) is 2.79. The van der Waals surface area contributed by atoms with Crippen LogP contribution in [-0.2, 0) is 4.79 Å². The largest absolute Gasteiger partial charge is 0.496 e. The minimum absolute atomic E-state index is 0.0509. The molecule has 0 atom stereocenters. The molecule has 0 aliphatic heterocycles. The second kappa shape index (κ2) is 4.45. The number of benzene rings is 1. The van der Waals surface area contributed by atoms with Crippen LogP contribution in [0.4, 0.5) is 0 Å². The van der Waals surface area contributed by atoms with Crippen LogP contribution in [0.2, 0.25) is 0 Å². The molecule has 0 heterocycles. The zero-order chi connectivity index (χ0) is 11.4. The Kier molecular flexibility index (Phi) is 3.28. The lowest BCUT2D eigenvalue weighted by atomic mass is 10.1. The van der Waals surface area contributed by atoms with Gasteiger partial charge < -0.3 is 15.2 Å². The number of nitrogens with two attached hydrogens (primary N) is 1. The number of methoxy groups -OCH3 is 2. The van der Waals surface area contributed by atoms with Gasteiger partial charge in [0, 0.05) is 0 Å². The predicted octanol–water partition coefficient (Wildman–Crippen LogP) is 0.372. The summed E-state index contributed by atoms with van der Waals surface area (Å²) in [5.41, 5.74) is 4.97. The molecule has 0 fully saturated rings. The average Bonchev–Trinajstić information content (AvgIpc) is 2.26. The van der Waals surface area contributed by atoms with Crippen LogP contribution in [0.1, 0.15) is 10.4 Å². The third-order valence-corrected chi connectivity index (χ3v) is 1.88. The van der Waals surface area contributed by atoms with E-state index in [1.54, 1.807) is 18.2 Å². The first-order chi connectivity index (χ1) is 7.11. The lowest BCUT2D eigenvalue weighted by molar-refractivity contribution is -0.114. The molecule has 1 aromatic rings. The van der Waals surface area contributed by atoms with Gasteiger partial charge in [-0.05, 0) is 12.1 Å². The van der Waals surface area contributed by atoms with Crippen molar-refractivity contribution in [3.63, 3.8) is 0 Å². The predicted molar refractivity (Wildman–Crippen MR) is 53.1 cm³/mol. The van der Waals surface area contributed by atoms with Gasteiger partial charge in [0.2, 0.25) is 0 Å². The zero-order valence-corrected chi connectivity index (χ0v) is 8.44. The second-order valence-electron chi connectivity index (χ2n) is 2.73.